The number of aliphatic hydroxyl groups excluding tert-OH is 1. The Labute approximate surface area is 135 Å². The number of aromatic nitrogens is 1. The molecule has 3 rings (SSSR count). The van der Waals surface area contributed by atoms with Crippen LogP contribution in [0.15, 0.2) is 17.1 Å². The van der Waals surface area contributed by atoms with Crippen molar-refractivity contribution in [3.8, 4) is 5.75 Å². The first kappa shape index (κ1) is 16.1. The second-order valence-electron chi connectivity index (χ2n) is 6.92. The summed E-state index contributed by atoms with van der Waals surface area (Å²) in [5, 5.41) is 9.89. The van der Waals surface area contributed by atoms with Crippen LogP contribution < -0.4 is 10.2 Å². The molecule has 1 amide bonds. The molecule has 0 radical (unpaired) electrons. The average Bonchev–Trinajstić information content (AvgIpc) is 3.38. The number of hydrogen-bond acceptors (Lipinski definition) is 4. The minimum Gasteiger partial charge on any atom is -0.491 e. The molecule has 1 saturated carbocycles. The predicted molar refractivity (Wildman–Crippen MR) is 85.6 cm³/mol. The van der Waals surface area contributed by atoms with Crippen LogP contribution in [0, 0.1) is 11.3 Å². The maximum absolute atomic E-state index is 12.7. The Balaban J connectivity index is 1.76. The molecule has 0 bridgehead atoms. The van der Waals surface area contributed by atoms with Gasteiger partial charge in [0.25, 0.3) is 5.91 Å². The molecular weight excluding hydrogens is 296 g/mol. The van der Waals surface area contributed by atoms with E-state index >= 15 is 0 Å². The van der Waals surface area contributed by atoms with Gasteiger partial charge in [0.05, 0.1) is 13.7 Å². The van der Waals surface area contributed by atoms with E-state index in [1.165, 1.54) is 32.2 Å². The van der Waals surface area contributed by atoms with E-state index in [1.807, 2.05) is 0 Å². The van der Waals surface area contributed by atoms with E-state index in [4.69, 9.17) is 4.74 Å². The van der Waals surface area contributed by atoms with Crippen molar-refractivity contribution in [1.29, 1.82) is 0 Å². The molecular formula is C17H24N2O4. The smallest absolute Gasteiger partial charge is 0.270 e. The number of aromatic amines is 1. The summed E-state index contributed by atoms with van der Waals surface area (Å²) in [4.78, 5) is 29.1. The van der Waals surface area contributed by atoms with E-state index in [2.05, 4.69) is 4.98 Å². The number of pyridine rings is 1. The molecule has 2 heterocycles. The molecule has 1 aliphatic carbocycles. The van der Waals surface area contributed by atoms with Gasteiger partial charge in [0, 0.05) is 30.8 Å². The first-order valence-electron chi connectivity index (χ1n) is 8.24. The Morgan fingerprint density at radius 2 is 2.30 bits per heavy atom. The Kier molecular flexibility index (Phi) is 4.43. The number of likely N-dealkylation sites (tertiary alicyclic amines) is 1. The lowest BCUT2D eigenvalue weighted by Crippen LogP contribution is -2.48. The standard InChI is InChI=1S/C17H24N2O4/c1-23-15-9-18-13(7-14(15)21)16(22)19-6-2-5-17(10-19,11-20)8-12-3-4-12/h7,9,12,20H,2-6,8,10-11H2,1H3,(H,18,21). The third-order valence-electron chi connectivity index (χ3n) is 5.03. The third kappa shape index (κ3) is 3.42. The number of aliphatic hydroxyl groups is 1. The molecule has 6 nitrogen and oxygen atoms in total. The van der Waals surface area contributed by atoms with Crippen molar-refractivity contribution in [3.05, 3.63) is 28.2 Å². The fourth-order valence-electron chi connectivity index (χ4n) is 3.59. The summed E-state index contributed by atoms with van der Waals surface area (Å²) in [6, 6.07) is 1.29. The first-order chi connectivity index (χ1) is 11.1. The van der Waals surface area contributed by atoms with Crippen LogP contribution in [-0.4, -0.2) is 47.7 Å². The number of hydrogen-bond donors (Lipinski definition) is 2. The third-order valence-corrected chi connectivity index (χ3v) is 5.03. The zero-order chi connectivity index (χ0) is 16.4. The van der Waals surface area contributed by atoms with Crippen LogP contribution in [0.25, 0.3) is 0 Å². The van der Waals surface area contributed by atoms with Crippen LogP contribution in [0.2, 0.25) is 0 Å². The number of carbonyl (C=O) groups excluding carboxylic acids is 1. The number of carbonyl (C=O) groups is 1. The number of nitrogens with zero attached hydrogens (tertiary/aromatic N) is 1. The molecule has 126 valence electrons. The van der Waals surface area contributed by atoms with Gasteiger partial charge in [0.1, 0.15) is 5.69 Å². The van der Waals surface area contributed by atoms with Crippen molar-refractivity contribution < 1.29 is 14.6 Å². The lowest BCUT2D eigenvalue weighted by Gasteiger charge is -2.42. The van der Waals surface area contributed by atoms with Crippen molar-refractivity contribution in [2.24, 2.45) is 11.3 Å². The van der Waals surface area contributed by atoms with Gasteiger partial charge in [-0.3, -0.25) is 9.59 Å². The Hall–Kier alpha value is -1.82. The van der Waals surface area contributed by atoms with E-state index < -0.39 is 0 Å². The minimum atomic E-state index is -0.307. The summed E-state index contributed by atoms with van der Waals surface area (Å²) in [5.74, 6) is 0.717. The Morgan fingerprint density at radius 3 is 2.91 bits per heavy atom. The van der Waals surface area contributed by atoms with Gasteiger partial charge < -0.3 is 19.7 Å². The van der Waals surface area contributed by atoms with Gasteiger partial charge in [-0.05, 0) is 25.2 Å². The number of methoxy groups -OCH3 is 1. The van der Waals surface area contributed by atoms with Crippen LogP contribution in [0.5, 0.6) is 5.75 Å². The SMILES string of the molecule is COc1c[nH]c(C(=O)N2CCCC(CO)(CC3CC3)C2)cc1=O. The molecule has 2 fully saturated rings. The van der Waals surface area contributed by atoms with Crippen molar-refractivity contribution in [2.45, 2.75) is 32.1 Å². The molecule has 6 heteroatoms. The second-order valence-corrected chi connectivity index (χ2v) is 6.92. The quantitative estimate of drug-likeness (QED) is 0.859. The zero-order valence-corrected chi connectivity index (χ0v) is 13.5. The molecule has 1 aromatic rings. The van der Waals surface area contributed by atoms with Gasteiger partial charge in [-0.15, -0.1) is 0 Å². The summed E-state index contributed by atoms with van der Waals surface area (Å²) < 4.78 is 4.92. The highest BCUT2D eigenvalue weighted by Crippen LogP contribution is 2.44. The van der Waals surface area contributed by atoms with E-state index in [0.717, 1.165) is 19.3 Å². The Morgan fingerprint density at radius 1 is 1.52 bits per heavy atom. The summed E-state index contributed by atoms with van der Waals surface area (Å²) in [6.45, 7) is 1.35. The normalized spacial score (nSPS) is 24.5. The maximum Gasteiger partial charge on any atom is 0.270 e. The Bertz CT molecular complexity index is 638. The van der Waals surface area contributed by atoms with Crippen molar-refractivity contribution in [2.75, 3.05) is 26.8 Å². The summed E-state index contributed by atoms with van der Waals surface area (Å²) in [6.07, 6.45) is 6.74. The van der Waals surface area contributed by atoms with Crippen LogP contribution in [-0.2, 0) is 0 Å². The van der Waals surface area contributed by atoms with E-state index in [-0.39, 0.29) is 34.8 Å². The second kappa shape index (κ2) is 6.35. The summed E-state index contributed by atoms with van der Waals surface area (Å²) in [5.41, 5.74) is -0.212. The number of H-pyrrole nitrogens is 1. The molecule has 0 aromatic carbocycles. The van der Waals surface area contributed by atoms with Gasteiger partial charge in [0.15, 0.2) is 5.75 Å². The fraction of sp³-hybridized carbons (Fsp3) is 0.647. The molecule has 0 spiro atoms. The van der Waals surface area contributed by atoms with Gasteiger partial charge in [-0.2, -0.15) is 0 Å². The average molecular weight is 320 g/mol. The predicted octanol–water partition coefficient (Wildman–Crippen LogP) is 1.40. The number of ether oxygens (including phenoxy) is 1. The topological polar surface area (TPSA) is 82.6 Å². The van der Waals surface area contributed by atoms with E-state index in [0.29, 0.717) is 19.0 Å². The van der Waals surface area contributed by atoms with Gasteiger partial charge in [0.2, 0.25) is 5.43 Å². The highest BCUT2D eigenvalue weighted by Gasteiger charge is 2.41. The summed E-state index contributed by atoms with van der Waals surface area (Å²) >= 11 is 0. The highest BCUT2D eigenvalue weighted by atomic mass is 16.5. The van der Waals surface area contributed by atoms with Gasteiger partial charge in [-0.1, -0.05) is 12.8 Å². The largest absolute Gasteiger partial charge is 0.491 e. The number of nitrogens with one attached hydrogen (secondary N) is 1. The first-order valence-corrected chi connectivity index (χ1v) is 8.24. The molecule has 1 unspecified atom stereocenters. The van der Waals surface area contributed by atoms with Gasteiger partial charge >= 0.3 is 0 Å². The molecule has 1 atom stereocenters. The number of rotatable bonds is 5. The molecule has 23 heavy (non-hydrogen) atoms. The molecule has 2 N–H and O–H groups in total. The van der Waals surface area contributed by atoms with E-state index in [1.54, 1.807) is 4.90 Å². The maximum atomic E-state index is 12.7. The van der Waals surface area contributed by atoms with E-state index in [9.17, 15) is 14.7 Å². The minimum absolute atomic E-state index is 0.117. The molecule has 1 aromatic heterocycles. The fourth-order valence-corrected chi connectivity index (χ4v) is 3.59. The van der Waals surface area contributed by atoms with Gasteiger partial charge in [-0.25, -0.2) is 0 Å². The zero-order valence-electron chi connectivity index (χ0n) is 13.5. The van der Waals surface area contributed by atoms with Crippen molar-refractivity contribution in [1.82, 2.24) is 9.88 Å². The van der Waals surface area contributed by atoms with Crippen LogP contribution in [0.3, 0.4) is 0 Å². The van der Waals surface area contributed by atoms with Crippen LogP contribution in [0.1, 0.15) is 42.6 Å². The molecule has 1 saturated heterocycles. The van der Waals surface area contributed by atoms with Crippen LogP contribution in [0.4, 0.5) is 0 Å². The molecule has 2 aliphatic rings. The van der Waals surface area contributed by atoms with Crippen LogP contribution >= 0.6 is 0 Å². The highest BCUT2D eigenvalue weighted by molar-refractivity contribution is 5.92. The molecule has 1 aliphatic heterocycles. The lowest BCUT2D eigenvalue weighted by molar-refractivity contribution is 0.0193. The van der Waals surface area contributed by atoms with Crippen molar-refractivity contribution >= 4 is 5.91 Å². The lowest BCUT2D eigenvalue weighted by atomic mass is 9.76. The number of piperidine rings is 1. The van der Waals surface area contributed by atoms with Crippen molar-refractivity contribution in [3.63, 3.8) is 0 Å². The monoisotopic (exact) mass is 320 g/mol. The number of amides is 1. The summed E-state index contributed by atoms with van der Waals surface area (Å²) in [7, 11) is 1.42.